The van der Waals surface area contributed by atoms with E-state index in [-0.39, 0.29) is 41.4 Å². The Morgan fingerprint density at radius 3 is 1.98 bits per heavy atom. The normalized spacial score (nSPS) is 27.7. The molecule has 5 nitrogen and oxygen atoms in total. The van der Waals surface area contributed by atoms with E-state index < -0.39 is 33.6 Å². The van der Waals surface area contributed by atoms with Gasteiger partial charge in [0.25, 0.3) is 0 Å². The van der Waals surface area contributed by atoms with Crippen LogP contribution in [0, 0.1) is 22.2 Å². The molecule has 0 spiro atoms. The highest BCUT2D eigenvalue weighted by molar-refractivity contribution is 6.41. The molecule has 43 heavy (non-hydrogen) atoms. The molecule has 2 fully saturated rings. The van der Waals surface area contributed by atoms with Gasteiger partial charge in [-0.25, -0.2) is 0 Å². The van der Waals surface area contributed by atoms with Crippen LogP contribution in [0.5, 0.6) is 5.75 Å². The number of carbonyl (C=O) groups is 3. The number of allylic oxidation sites excluding steroid dienone is 9. The zero-order valence-corrected chi connectivity index (χ0v) is 27.6. The van der Waals surface area contributed by atoms with E-state index in [1.54, 1.807) is 12.1 Å². The third-order valence-electron chi connectivity index (χ3n) is 9.63. The Bertz CT molecular complexity index is 1430. The van der Waals surface area contributed by atoms with Crippen LogP contribution in [0.4, 0.5) is 0 Å². The average molecular weight is 587 g/mol. The summed E-state index contributed by atoms with van der Waals surface area (Å²) in [5, 5.41) is 21.8. The highest BCUT2D eigenvalue weighted by atomic mass is 16.3. The van der Waals surface area contributed by atoms with Crippen molar-refractivity contribution >= 4 is 23.1 Å². The monoisotopic (exact) mass is 586 g/mol. The first kappa shape index (κ1) is 34.0. The number of hydrogen-bond donors (Lipinski definition) is 2. The number of aliphatic hydroxyl groups is 1. The van der Waals surface area contributed by atoms with Crippen molar-refractivity contribution in [3.8, 4) is 5.75 Å². The number of phenolic OH excluding ortho intramolecular Hbond substituents is 1. The molecule has 1 aromatic rings. The van der Waals surface area contributed by atoms with Crippen LogP contribution < -0.4 is 0 Å². The summed E-state index contributed by atoms with van der Waals surface area (Å²) in [5.74, 6) is -2.22. The Morgan fingerprint density at radius 2 is 1.42 bits per heavy atom. The number of hydrogen-bond acceptors (Lipinski definition) is 5. The standard InChI is InChI=1S/C38H50O5/c1-24(2)12-11-19-36(9)29(16-15-25(3)4)23-37(20-17-26(5)6)33(41)31(32(40)28-13-10-14-30(39)22-28)34(42)38(36,35(37)43)21-18-27(7)8/h10,12-15,17-18,22,29,39-40H,11,16,19-21,23H2,1-9H3/b32-31-. The summed E-state index contributed by atoms with van der Waals surface area (Å²) in [4.78, 5) is 44.9. The molecule has 0 heterocycles. The maximum absolute atomic E-state index is 15.2. The summed E-state index contributed by atoms with van der Waals surface area (Å²) in [6, 6.07) is 5.92. The summed E-state index contributed by atoms with van der Waals surface area (Å²) in [6.07, 6.45) is 10.7. The van der Waals surface area contributed by atoms with E-state index in [1.807, 2.05) is 67.5 Å². The number of fused-ring (bicyclic) bond motifs is 2. The number of ketones is 3. The van der Waals surface area contributed by atoms with Gasteiger partial charge in [-0.05, 0) is 117 Å². The van der Waals surface area contributed by atoms with Gasteiger partial charge in [0.1, 0.15) is 22.5 Å². The number of Topliss-reactive ketones (excluding diaryl/α,β-unsaturated/α-hetero) is 3. The van der Waals surface area contributed by atoms with Crippen LogP contribution in [0.2, 0.25) is 0 Å². The van der Waals surface area contributed by atoms with Crippen LogP contribution >= 0.6 is 0 Å². The van der Waals surface area contributed by atoms with Gasteiger partial charge in [0.2, 0.25) is 0 Å². The predicted molar refractivity (Wildman–Crippen MR) is 175 cm³/mol. The number of aliphatic hydroxyl groups excluding tert-OH is 1. The van der Waals surface area contributed by atoms with E-state index in [1.165, 1.54) is 12.1 Å². The molecule has 2 bridgehead atoms. The first-order chi connectivity index (χ1) is 20.0. The Kier molecular flexibility index (Phi) is 10.3. The van der Waals surface area contributed by atoms with Crippen molar-refractivity contribution in [2.75, 3.05) is 0 Å². The van der Waals surface area contributed by atoms with Gasteiger partial charge < -0.3 is 10.2 Å². The fourth-order valence-corrected chi connectivity index (χ4v) is 7.10. The molecular weight excluding hydrogens is 536 g/mol. The highest BCUT2D eigenvalue weighted by Gasteiger charge is 2.74. The van der Waals surface area contributed by atoms with Gasteiger partial charge in [-0.3, -0.25) is 14.4 Å². The Morgan fingerprint density at radius 1 is 0.837 bits per heavy atom. The number of aromatic hydroxyl groups is 1. The number of benzene rings is 1. The third-order valence-corrected chi connectivity index (χ3v) is 9.63. The Labute approximate surface area is 258 Å². The van der Waals surface area contributed by atoms with Crippen LogP contribution in [0.15, 0.2) is 76.4 Å². The molecule has 1 aromatic carbocycles. The molecule has 3 rings (SSSR count). The Hall–Kier alpha value is -3.47. The fraction of sp³-hybridized carbons (Fsp3) is 0.500. The minimum Gasteiger partial charge on any atom is -0.508 e. The second-order valence-electron chi connectivity index (χ2n) is 13.9. The van der Waals surface area contributed by atoms with Gasteiger partial charge in [-0.15, -0.1) is 0 Å². The second-order valence-corrected chi connectivity index (χ2v) is 13.9. The molecule has 2 aliphatic rings. The number of rotatable bonds is 10. The third kappa shape index (κ3) is 6.27. The van der Waals surface area contributed by atoms with Gasteiger partial charge >= 0.3 is 0 Å². The summed E-state index contributed by atoms with van der Waals surface area (Å²) in [7, 11) is 0. The molecule has 4 unspecified atom stereocenters. The summed E-state index contributed by atoms with van der Waals surface area (Å²) in [5.41, 5.74) is 0.267. The molecular formula is C38H50O5. The van der Waals surface area contributed by atoms with Crippen LogP contribution in [0.1, 0.15) is 106 Å². The van der Waals surface area contributed by atoms with Crippen molar-refractivity contribution in [3.05, 3.63) is 82.0 Å². The molecule has 5 heteroatoms. The molecule has 0 amide bonds. The molecule has 0 saturated heterocycles. The first-order valence-corrected chi connectivity index (χ1v) is 15.4. The van der Waals surface area contributed by atoms with Crippen LogP contribution in [0.25, 0.3) is 5.76 Å². The molecule has 2 aliphatic carbocycles. The van der Waals surface area contributed by atoms with Crippen molar-refractivity contribution in [3.63, 3.8) is 0 Å². The fourth-order valence-electron chi connectivity index (χ4n) is 7.10. The number of phenols is 1. The van der Waals surface area contributed by atoms with E-state index in [4.69, 9.17) is 0 Å². The molecule has 2 saturated carbocycles. The van der Waals surface area contributed by atoms with Crippen molar-refractivity contribution < 1.29 is 24.6 Å². The summed E-state index contributed by atoms with van der Waals surface area (Å²) in [6.45, 7) is 18.0. The van der Waals surface area contributed by atoms with E-state index in [2.05, 4.69) is 19.1 Å². The quantitative estimate of drug-likeness (QED) is 0.0937. The van der Waals surface area contributed by atoms with Gasteiger partial charge in [0.05, 0.1) is 5.41 Å². The molecule has 0 radical (unpaired) electrons. The second kappa shape index (κ2) is 13.0. The van der Waals surface area contributed by atoms with Crippen molar-refractivity contribution in [2.24, 2.45) is 22.2 Å². The van der Waals surface area contributed by atoms with Gasteiger partial charge in [0, 0.05) is 5.56 Å². The molecule has 2 N–H and O–H groups in total. The van der Waals surface area contributed by atoms with E-state index in [9.17, 15) is 15.0 Å². The predicted octanol–water partition coefficient (Wildman–Crippen LogP) is 9.20. The van der Waals surface area contributed by atoms with Crippen LogP contribution in [0.3, 0.4) is 0 Å². The van der Waals surface area contributed by atoms with E-state index >= 15 is 9.59 Å². The van der Waals surface area contributed by atoms with E-state index in [0.717, 1.165) is 22.3 Å². The molecule has 0 aromatic heterocycles. The van der Waals surface area contributed by atoms with Crippen LogP contribution in [-0.2, 0) is 14.4 Å². The topological polar surface area (TPSA) is 91.7 Å². The van der Waals surface area contributed by atoms with Crippen molar-refractivity contribution in [1.29, 1.82) is 0 Å². The van der Waals surface area contributed by atoms with Gasteiger partial charge in [-0.2, -0.15) is 0 Å². The summed E-state index contributed by atoms with van der Waals surface area (Å²) < 4.78 is 0. The lowest BCUT2D eigenvalue weighted by Crippen LogP contribution is -2.70. The lowest BCUT2D eigenvalue weighted by molar-refractivity contribution is -0.178. The lowest BCUT2D eigenvalue weighted by atomic mass is 9.37. The van der Waals surface area contributed by atoms with Gasteiger partial charge in [0.15, 0.2) is 17.3 Å². The zero-order valence-electron chi connectivity index (χ0n) is 27.6. The van der Waals surface area contributed by atoms with Crippen LogP contribution in [-0.4, -0.2) is 27.6 Å². The lowest BCUT2D eigenvalue weighted by Gasteiger charge is -2.61. The minimum absolute atomic E-state index is 0.0940. The maximum Gasteiger partial charge on any atom is 0.184 e. The SMILES string of the molecule is CC(C)=CCCC1(C)C(CC=C(C)C)CC2(CC=C(C)C)C(=O)/C(=C(/O)c3cccc(O)c3)C(=O)C1(CC=C(C)C)C2=O. The Balaban J connectivity index is 2.50. The van der Waals surface area contributed by atoms with Crippen molar-refractivity contribution in [2.45, 2.75) is 101 Å². The average Bonchev–Trinajstić information content (AvgIpc) is 2.91. The minimum atomic E-state index is -1.55. The molecule has 232 valence electrons. The highest BCUT2D eigenvalue weighted by Crippen LogP contribution is 2.67. The van der Waals surface area contributed by atoms with Gasteiger partial charge in [-0.1, -0.05) is 65.7 Å². The first-order valence-electron chi connectivity index (χ1n) is 15.4. The van der Waals surface area contributed by atoms with E-state index in [0.29, 0.717) is 25.7 Å². The maximum atomic E-state index is 15.2. The zero-order chi connectivity index (χ0) is 32.3. The van der Waals surface area contributed by atoms with Crippen molar-refractivity contribution in [1.82, 2.24) is 0 Å². The number of carbonyl (C=O) groups excluding carboxylic acids is 3. The smallest absolute Gasteiger partial charge is 0.184 e. The molecule has 0 aliphatic heterocycles. The molecule has 4 atom stereocenters. The summed E-state index contributed by atoms with van der Waals surface area (Å²) >= 11 is 0. The largest absolute Gasteiger partial charge is 0.508 e.